The van der Waals surface area contributed by atoms with Crippen molar-refractivity contribution in [2.75, 3.05) is 26.8 Å². The van der Waals surface area contributed by atoms with Crippen molar-refractivity contribution in [3.05, 3.63) is 12.2 Å². The van der Waals surface area contributed by atoms with Crippen molar-refractivity contribution in [1.29, 1.82) is 0 Å². The molecule has 3 amide bonds. The average molecular weight is 283 g/mol. The lowest BCUT2D eigenvalue weighted by atomic mass is 10.2. The van der Waals surface area contributed by atoms with Crippen molar-refractivity contribution in [3.8, 4) is 0 Å². The molecule has 1 aliphatic rings. The predicted octanol–water partition coefficient (Wildman–Crippen LogP) is -0.828. The van der Waals surface area contributed by atoms with E-state index in [0.29, 0.717) is 13.1 Å². The third-order valence-electron chi connectivity index (χ3n) is 2.96. The Kier molecular flexibility index (Phi) is 6.89. The third kappa shape index (κ3) is 4.43. The van der Waals surface area contributed by atoms with Crippen LogP contribution in [-0.2, 0) is 19.1 Å². The molecule has 1 heterocycles. The van der Waals surface area contributed by atoms with Gasteiger partial charge in [0.2, 0.25) is 5.91 Å². The molecule has 1 atom stereocenters. The molecule has 0 radical (unpaired) electrons. The van der Waals surface area contributed by atoms with Crippen LogP contribution in [0.4, 0.5) is 0 Å². The van der Waals surface area contributed by atoms with Gasteiger partial charge in [-0.05, 0) is 19.4 Å². The van der Waals surface area contributed by atoms with E-state index in [1.54, 1.807) is 0 Å². The van der Waals surface area contributed by atoms with Gasteiger partial charge >= 0.3 is 0 Å². The second-order valence-electron chi connectivity index (χ2n) is 4.49. The first-order chi connectivity index (χ1) is 9.61. The smallest absolute Gasteiger partial charge is 0.254 e. The van der Waals surface area contributed by atoms with E-state index < -0.39 is 17.9 Å². The normalized spacial score (nSPS) is 15.8. The highest BCUT2D eigenvalue weighted by atomic mass is 16.5. The van der Waals surface area contributed by atoms with Crippen LogP contribution in [0, 0.1) is 0 Å². The lowest BCUT2D eigenvalue weighted by Gasteiger charge is -2.24. The minimum absolute atomic E-state index is 0.0200. The van der Waals surface area contributed by atoms with Gasteiger partial charge in [-0.2, -0.15) is 0 Å². The zero-order valence-electron chi connectivity index (χ0n) is 11.6. The van der Waals surface area contributed by atoms with Crippen LogP contribution in [0.15, 0.2) is 12.2 Å². The number of nitrogens with two attached hydrogens (primary N) is 1. The molecule has 0 aliphatic carbocycles. The number of unbranched alkanes of at least 4 members (excludes halogenated alkanes) is 2. The number of carbonyl (C=O) groups excluding carboxylic acids is 3. The molecule has 7 nitrogen and oxygen atoms in total. The summed E-state index contributed by atoms with van der Waals surface area (Å²) < 4.78 is 4.93. The number of amides is 3. The van der Waals surface area contributed by atoms with E-state index in [2.05, 4.69) is 5.32 Å². The Morgan fingerprint density at radius 3 is 2.50 bits per heavy atom. The molecule has 1 unspecified atom stereocenters. The molecule has 0 saturated heterocycles. The van der Waals surface area contributed by atoms with Crippen molar-refractivity contribution >= 4 is 17.7 Å². The van der Waals surface area contributed by atoms with E-state index in [-0.39, 0.29) is 12.5 Å². The fraction of sp³-hybridized carbons (Fsp3) is 0.615. The number of hydrogen-bond acceptors (Lipinski definition) is 5. The van der Waals surface area contributed by atoms with Crippen molar-refractivity contribution in [2.24, 2.45) is 5.73 Å². The molecular formula is C13H21N3O4. The molecule has 0 saturated carbocycles. The van der Waals surface area contributed by atoms with Gasteiger partial charge in [0, 0.05) is 25.8 Å². The predicted molar refractivity (Wildman–Crippen MR) is 72.6 cm³/mol. The Bertz CT molecular complexity index is 377. The number of nitrogens with zero attached hydrogens (tertiary/aromatic N) is 1. The van der Waals surface area contributed by atoms with Crippen LogP contribution >= 0.6 is 0 Å². The first-order valence-electron chi connectivity index (χ1n) is 6.63. The van der Waals surface area contributed by atoms with Crippen molar-refractivity contribution < 1.29 is 19.1 Å². The van der Waals surface area contributed by atoms with Gasteiger partial charge in [-0.25, -0.2) is 0 Å². The Morgan fingerprint density at radius 1 is 1.30 bits per heavy atom. The maximum Gasteiger partial charge on any atom is 0.254 e. The van der Waals surface area contributed by atoms with Crippen LogP contribution in [-0.4, -0.2) is 55.5 Å². The molecule has 0 bridgehead atoms. The quantitative estimate of drug-likeness (QED) is 0.425. The van der Waals surface area contributed by atoms with Crippen LogP contribution in [0.1, 0.15) is 19.3 Å². The lowest BCUT2D eigenvalue weighted by molar-refractivity contribution is -0.147. The van der Waals surface area contributed by atoms with E-state index in [1.165, 1.54) is 7.11 Å². The molecule has 3 N–H and O–H groups in total. The monoisotopic (exact) mass is 283 g/mol. The highest BCUT2D eigenvalue weighted by Crippen LogP contribution is 2.10. The molecule has 20 heavy (non-hydrogen) atoms. The summed E-state index contributed by atoms with van der Waals surface area (Å²) in [4.78, 5) is 36.1. The fourth-order valence-corrected chi connectivity index (χ4v) is 1.92. The minimum atomic E-state index is -0.926. The summed E-state index contributed by atoms with van der Waals surface area (Å²) in [7, 11) is 1.42. The zero-order chi connectivity index (χ0) is 15.0. The number of hydrogen-bond donors (Lipinski definition) is 2. The van der Waals surface area contributed by atoms with Crippen molar-refractivity contribution in [3.63, 3.8) is 0 Å². The highest BCUT2D eigenvalue weighted by Gasteiger charge is 2.35. The van der Waals surface area contributed by atoms with Gasteiger partial charge in [0.05, 0.1) is 6.61 Å². The molecule has 0 spiro atoms. The molecule has 0 fully saturated rings. The number of rotatable bonds is 9. The number of nitrogens with one attached hydrogen (secondary N) is 1. The summed E-state index contributed by atoms with van der Waals surface area (Å²) in [5.74, 6) is -1.37. The van der Waals surface area contributed by atoms with Crippen LogP contribution in [0.2, 0.25) is 0 Å². The first-order valence-corrected chi connectivity index (χ1v) is 6.63. The van der Waals surface area contributed by atoms with Gasteiger partial charge in [-0.3, -0.25) is 19.3 Å². The number of imide groups is 1. The summed E-state index contributed by atoms with van der Waals surface area (Å²) in [5.41, 5.74) is 5.38. The van der Waals surface area contributed by atoms with Gasteiger partial charge in [-0.15, -0.1) is 0 Å². The van der Waals surface area contributed by atoms with Gasteiger partial charge in [0.15, 0.2) is 0 Å². The summed E-state index contributed by atoms with van der Waals surface area (Å²) in [5, 5.41) is 2.71. The van der Waals surface area contributed by atoms with Crippen molar-refractivity contribution in [2.45, 2.75) is 25.3 Å². The maximum atomic E-state index is 12.1. The summed E-state index contributed by atoms with van der Waals surface area (Å²) in [6.45, 7) is 1.10. The summed E-state index contributed by atoms with van der Waals surface area (Å²) >= 11 is 0. The molecule has 1 aliphatic heterocycles. The van der Waals surface area contributed by atoms with E-state index in [9.17, 15) is 14.4 Å². The van der Waals surface area contributed by atoms with Crippen LogP contribution < -0.4 is 11.1 Å². The average Bonchev–Trinajstić information content (AvgIpc) is 2.75. The van der Waals surface area contributed by atoms with E-state index in [4.69, 9.17) is 10.5 Å². The Hall–Kier alpha value is -1.73. The second kappa shape index (κ2) is 8.44. The van der Waals surface area contributed by atoms with Gasteiger partial charge < -0.3 is 15.8 Å². The SMILES string of the molecule is COCC(C(=O)NCCCCCN)N1C(=O)C=CC1=O. The lowest BCUT2D eigenvalue weighted by Crippen LogP contribution is -2.52. The Balaban J connectivity index is 2.51. The highest BCUT2D eigenvalue weighted by molar-refractivity contribution is 6.15. The molecule has 7 heteroatoms. The van der Waals surface area contributed by atoms with Crippen LogP contribution in [0.5, 0.6) is 0 Å². The first kappa shape index (κ1) is 16.3. The van der Waals surface area contributed by atoms with Crippen LogP contribution in [0.25, 0.3) is 0 Å². The largest absolute Gasteiger partial charge is 0.382 e. The number of carbonyl (C=O) groups is 3. The van der Waals surface area contributed by atoms with E-state index in [0.717, 1.165) is 36.3 Å². The second-order valence-corrected chi connectivity index (χ2v) is 4.49. The molecule has 1 rings (SSSR count). The van der Waals surface area contributed by atoms with E-state index >= 15 is 0 Å². The van der Waals surface area contributed by atoms with E-state index in [1.807, 2.05) is 0 Å². The molecule has 0 aromatic carbocycles. The molecule has 0 aromatic heterocycles. The van der Waals surface area contributed by atoms with Gasteiger partial charge in [0.25, 0.3) is 11.8 Å². The van der Waals surface area contributed by atoms with Gasteiger partial charge in [-0.1, -0.05) is 6.42 Å². The Labute approximate surface area is 118 Å². The summed E-state index contributed by atoms with van der Waals surface area (Å²) in [6, 6.07) is -0.926. The standard InChI is InChI=1S/C13H21N3O4/c1-20-9-10(16-11(17)5-6-12(16)18)13(19)15-8-4-2-3-7-14/h5-6,10H,2-4,7-9,14H2,1H3,(H,15,19). The number of ether oxygens (including phenoxy) is 1. The van der Waals surface area contributed by atoms with Crippen molar-refractivity contribution in [1.82, 2.24) is 10.2 Å². The zero-order valence-corrected chi connectivity index (χ0v) is 11.6. The van der Waals surface area contributed by atoms with Gasteiger partial charge in [0.1, 0.15) is 6.04 Å². The Morgan fingerprint density at radius 2 is 1.95 bits per heavy atom. The molecule has 112 valence electrons. The number of methoxy groups -OCH3 is 1. The fourth-order valence-electron chi connectivity index (χ4n) is 1.92. The third-order valence-corrected chi connectivity index (χ3v) is 2.96. The maximum absolute atomic E-state index is 12.1. The summed E-state index contributed by atoms with van der Waals surface area (Å²) in [6.07, 6.45) is 4.95. The van der Waals surface area contributed by atoms with Crippen LogP contribution in [0.3, 0.4) is 0 Å². The topological polar surface area (TPSA) is 102 Å². The minimum Gasteiger partial charge on any atom is -0.382 e. The molecular weight excluding hydrogens is 262 g/mol. The molecule has 0 aromatic rings.